The highest BCUT2D eigenvalue weighted by atomic mass is 19.4. The van der Waals surface area contributed by atoms with Crippen LogP contribution in [0.5, 0.6) is 11.5 Å². The zero-order valence-corrected chi connectivity index (χ0v) is 11.3. The van der Waals surface area contributed by atoms with E-state index >= 15 is 0 Å². The summed E-state index contributed by atoms with van der Waals surface area (Å²) in [6.07, 6.45) is -4.73. The summed E-state index contributed by atoms with van der Waals surface area (Å²) in [6.45, 7) is 2.44. The fourth-order valence-electron chi connectivity index (χ4n) is 1.90. The first kappa shape index (κ1) is 15.0. The van der Waals surface area contributed by atoms with E-state index < -0.39 is 6.36 Å². The highest BCUT2D eigenvalue weighted by molar-refractivity contribution is 5.77. The molecule has 2 N–H and O–H groups in total. The molecule has 0 aromatic heterocycles. The van der Waals surface area contributed by atoms with Crippen LogP contribution >= 0.6 is 0 Å². The smallest absolute Gasteiger partial charge is 0.494 e. The fourth-order valence-corrected chi connectivity index (χ4v) is 1.90. The van der Waals surface area contributed by atoms with Crippen molar-refractivity contribution in [3.05, 3.63) is 42.5 Å². The van der Waals surface area contributed by atoms with Crippen LogP contribution in [0.3, 0.4) is 0 Å². The Kier molecular flexibility index (Phi) is 4.26. The number of nitrogens with two attached hydrogens (primary N) is 1. The van der Waals surface area contributed by atoms with Crippen molar-refractivity contribution in [3.63, 3.8) is 0 Å². The van der Waals surface area contributed by atoms with E-state index in [1.807, 2.05) is 6.92 Å². The maximum absolute atomic E-state index is 12.1. The van der Waals surface area contributed by atoms with Crippen molar-refractivity contribution in [2.75, 3.05) is 12.3 Å². The summed E-state index contributed by atoms with van der Waals surface area (Å²) < 4.78 is 45.6. The van der Waals surface area contributed by atoms with E-state index in [-0.39, 0.29) is 11.4 Å². The molecule has 0 aliphatic carbocycles. The second-order valence-corrected chi connectivity index (χ2v) is 4.25. The Labute approximate surface area is 120 Å². The van der Waals surface area contributed by atoms with Crippen LogP contribution in [-0.2, 0) is 0 Å². The molecule has 2 aromatic carbocycles. The molecule has 0 bridgehead atoms. The summed E-state index contributed by atoms with van der Waals surface area (Å²) in [5.41, 5.74) is 7.42. The zero-order chi connectivity index (χ0) is 15.5. The normalized spacial score (nSPS) is 11.2. The highest BCUT2D eigenvalue weighted by Gasteiger charge is 2.31. The molecule has 0 spiro atoms. The number of ether oxygens (including phenoxy) is 2. The van der Waals surface area contributed by atoms with Gasteiger partial charge >= 0.3 is 6.36 Å². The van der Waals surface area contributed by atoms with Crippen molar-refractivity contribution in [2.24, 2.45) is 0 Å². The number of nitrogen functional groups attached to an aromatic ring is 1. The minimum atomic E-state index is -4.73. The first-order valence-electron chi connectivity index (χ1n) is 6.27. The van der Waals surface area contributed by atoms with Crippen LogP contribution in [0.2, 0.25) is 0 Å². The predicted octanol–water partition coefficient (Wildman–Crippen LogP) is 4.23. The second-order valence-electron chi connectivity index (χ2n) is 4.25. The Morgan fingerprint density at radius 1 is 1.00 bits per heavy atom. The van der Waals surface area contributed by atoms with Gasteiger partial charge in [0, 0.05) is 17.3 Å². The summed E-state index contributed by atoms with van der Waals surface area (Å²) >= 11 is 0. The van der Waals surface area contributed by atoms with E-state index in [1.54, 1.807) is 24.3 Å². The maximum atomic E-state index is 12.1. The van der Waals surface area contributed by atoms with Crippen molar-refractivity contribution < 1.29 is 22.6 Å². The number of anilines is 1. The topological polar surface area (TPSA) is 44.5 Å². The third-order valence-corrected chi connectivity index (χ3v) is 2.73. The number of hydrogen-bond acceptors (Lipinski definition) is 3. The fraction of sp³-hybridized carbons (Fsp3) is 0.200. The van der Waals surface area contributed by atoms with Crippen LogP contribution in [0.1, 0.15) is 6.92 Å². The molecule has 112 valence electrons. The Morgan fingerprint density at radius 2 is 1.62 bits per heavy atom. The third-order valence-electron chi connectivity index (χ3n) is 2.73. The molecule has 0 saturated carbocycles. The molecule has 2 aromatic rings. The van der Waals surface area contributed by atoms with Crippen molar-refractivity contribution in [2.45, 2.75) is 13.3 Å². The lowest BCUT2D eigenvalue weighted by atomic mass is 10.0. The molecule has 21 heavy (non-hydrogen) atoms. The van der Waals surface area contributed by atoms with Crippen LogP contribution in [-0.4, -0.2) is 13.0 Å². The monoisotopic (exact) mass is 297 g/mol. The van der Waals surface area contributed by atoms with Gasteiger partial charge in [0.1, 0.15) is 11.5 Å². The van der Waals surface area contributed by atoms with Crippen molar-refractivity contribution >= 4 is 5.69 Å². The Balaban J connectivity index is 2.24. The summed E-state index contributed by atoms with van der Waals surface area (Å²) in [5.74, 6) is 0.381. The van der Waals surface area contributed by atoms with Gasteiger partial charge in [-0.3, -0.25) is 0 Å². The van der Waals surface area contributed by atoms with Crippen LogP contribution < -0.4 is 15.2 Å². The van der Waals surface area contributed by atoms with Crippen LogP contribution in [0.4, 0.5) is 18.9 Å². The molecular formula is C15H14F3NO2. The number of halogens is 3. The van der Waals surface area contributed by atoms with Crippen LogP contribution in [0.15, 0.2) is 42.5 Å². The third kappa shape index (κ3) is 4.05. The van der Waals surface area contributed by atoms with Crippen LogP contribution in [0.25, 0.3) is 11.1 Å². The van der Waals surface area contributed by atoms with Gasteiger partial charge in [-0.25, -0.2) is 0 Å². The van der Waals surface area contributed by atoms with Gasteiger partial charge in [0.15, 0.2) is 0 Å². The lowest BCUT2D eigenvalue weighted by Gasteiger charge is -2.12. The Bertz CT molecular complexity index is 609. The zero-order valence-electron chi connectivity index (χ0n) is 11.3. The van der Waals surface area contributed by atoms with Gasteiger partial charge in [0.25, 0.3) is 0 Å². The second kappa shape index (κ2) is 5.95. The summed E-state index contributed by atoms with van der Waals surface area (Å²) in [5, 5.41) is 0. The minimum absolute atomic E-state index is 0.209. The molecular weight excluding hydrogens is 283 g/mol. The molecule has 6 heteroatoms. The molecule has 0 radical (unpaired) electrons. The molecule has 0 unspecified atom stereocenters. The maximum Gasteiger partial charge on any atom is 0.573 e. The number of rotatable bonds is 4. The van der Waals surface area contributed by atoms with E-state index in [1.165, 1.54) is 12.1 Å². The summed E-state index contributed by atoms with van der Waals surface area (Å²) in [6, 6.07) is 11.0. The predicted molar refractivity (Wildman–Crippen MR) is 74.1 cm³/mol. The first-order valence-corrected chi connectivity index (χ1v) is 6.27. The molecule has 0 heterocycles. The highest BCUT2D eigenvalue weighted by Crippen LogP contribution is 2.32. The largest absolute Gasteiger partial charge is 0.573 e. The van der Waals surface area contributed by atoms with Gasteiger partial charge in [0.05, 0.1) is 6.61 Å². The average Bonchev–Trinajstić information content (AvgIpc) is 2.39. The van der Waals surface area contributed by atoms with E-state index in [0.29, 0.717) is 12.2 Å². The summed E-state index contributed by atoms with van der Waals surface area (Å²) in [4.78, 5) is 0. The lowest BCUT2D eigenvalue weighted by Crippen LogP contribution is -2.17. The van der Waals surface area contributed by atoms with E-state index in [2.05, 4.69) is 4.74 Å². The molecule has 2 rings (SSSR count). The van der Waals surface area contributed by atoms with Gasteiger partial charge in [-0.1, -0.05) is 12.1 Å². The molecule has 0 saturated heterocycles. The lowest BCUT2D eigenvalue weighted by molar-refractivity contribution is -0.274. The summed E-state index contributed by atoms with van der Waals surface area (Å²) in [7, 11) is 0. The van der Waals surface area contributed by atoms with Crippen LogP contribution in [0, 0.1) is 0 Å². The first-order chi connectivity index (χ1) is 9.89. The van der Waals surface area contributed by atoms with E-state index in [0.717, 1.165) is 17.4 Å². The van der Waals surface area contributed by atoms with Gasteiger partial charge in [-0.15, -0.1) is 13.2 Å². The van der Waals surface area contributed by atoms with Crippen molar-refractivity contribution in [1.29, 1.82) is 0 Å². The molecule has 3 nitrogen and oxygen atoms in total. The van der Waals surface area contributed by atoms with Gasteiger partial charge < -0.3 is 15.2 Å². The average molecular weight is 297 g/mol. The van der Waals surface area contributed by atoms with E-state index in [4.69, 9.17) is 10.5 Å². The molecule has 0 fully saturated rings. The quantitative estimate of drug-likeness (QED) is 0.859. The Morgan fingerprint density at radius 3 is 2.14 bits per heavy atom. The van der Waals surface area contributed by atoms with Gasteiger partial charge in [0.2, 0.25) is 0 Å². The van der Waals surface area contributed by atoms with Crippen molar-refractivity contribution in [3.8, 4) is 22.6 Å². The van der Waals surface area contributed by atoms with Gasteiger partial charge in [-0.2, -0.15) is 0 Å². The molecule has 0 atom stereocenters. The molecule has 0 amide bonds. The number of alkyl halides is 3. The molecule has 0 aliphatic heterocycles. The molecule has 0 aliphatic rings. The number of hydrogen-bond donors (Lipinski definition) is 1. The van der Waals surface area contributed by atoms with E-state index in [9.17, 15) is 13.2 Å². The minimum Gasteiger partial charge on any atom is -0.494 e. The van der Waals surface area contributed by atoms with Gasteiger partial charge in [-0.05, 0) is 36.8 Å². The standard InChI is InChI=1S/C15H14F3NO2/c1-2-20-11-5-3-10(4-6-11)13-8-7-12(9-14(13)19)21-15(16,17)18/h3-9H,2,19H2,1H3. The SMILES string of the molecule is CCOc1ccc(-c2ccc(OC(F)(F)F)cc2N)cc1. The number of benzene rings is 2. The van der Waals surface area contributed by atoms with Crippen molar-refractivity contribution in [1.82, 2.24) is 0 Å². The Hall–Kier alpha value is -2.37.